The number of nitrogens with one attached hydrogen (secondary N) is 1. The van der Waals surface area contributed by atoms with Gasteiger partial charge in [-0.25, -0.2) is 0 Å². The molecule has 29 heavy (non-hydrogen) atoms. The summed E-state index contributed by atoms with van der Waals surface area (Å²) in [5.74, 6) is 0.709. The Balaban J connectivity index is 2.26. The number of morpholine rings is 1. The molecular formula is C25H36NO3+. The number of aromatic hydroxyl groups is 2. The Hall–Kier alpha value is -2.04. The number of benzene rings is 2. The molecule has 0 radical (unpaired) electrons. The van der Waals surface area contributed by atoms with Crippen LogP contribution >= 0.6 is 0 Å². The predicted molar refractivity (Wildman–Crippen MR) is 117 cm³/mol. The van der Waals surface area contributed by atoms with Crippen LogP contribution in [0.1, 0.15) is 69.8 Å². The van der Waals surface area contributed by atoms with Crippen molar-refractivity contribution < 1.29 is 19.8 Å². The number of ether oxygens (including phenoxy) is 1. The topological polar surface area (TPSA) is 54.1 Å². The van der Waals surface area contributed by atoms with Crippen molar-refractivity contribution in [2.24, 2.45) is 0 Å². The van der Waals surface area contributed by atoms with Gasteiger partial charge in [-0.15, -0.1) is 0 Å². The molecule has 4 nitrogen and oxygen atoms in total. The second-order valence-electron chi connectivity index (χ2n) is 10.2. The first-order chi connectivity index (χ1) is 13.5. The molecule has 1 fully saturated rings. The van der Waals surface area contributed by atoms with Crippen molar-refractivity contribution in [3.8, 4) is 11.5 Å². The van der Waals surface area contributed by atoms with Crippen molar-refractivity contribution in [1.29, 1.82) is 0 Å². The van der Waals surface area contributed by atoms with Gasteiger partial charge < -0.3 is 19.8 Å². The van der Waals surface area contributed by atoms with Crippen LogP contribution in [0.25, 0.3) is 0 Å². The van der Waals surface area contributed by atoms with Crippen molar-refractivity contribution in [3.63, 3.8) is 0 Å². The smallest absolute Gasteiger partial charge is 0.143 e. The average molecular weight is 399 g/mol. The van der Waals surface area contributed by atoms with Gasteiger partial charge in [-0.05, 0) is 35.1 Å². The largest absolute Gasteiger partial charge is 0.507 e. The molecule has 1 atom stereocenters. The summed E-state index contributed by atoms with van der Waals surface area (Å²) in [6.07, 6.45) is 0. The summed E-state index contributed by atoms with van der Waals surface area (Å²) < 4.78 is 5.60. The third kappa shape index (κ3) is 4.59. The minimum absolute atomic E-state index is 0.0112. The molecule has 1 heterocycles. The van der Waals surface area contributed by atoms with Gasteiger partial charge in [0, 0.05) is 16.7 Å². The van der Waals surface area contributed by atoms with Gasteiger partial charge in [0.25, 0.3) is 0 Å². The second kappa shape index (κ2) is 8.00. The number of phenolic OH excluding ortho intramolecular Hbond substituents is 2. The van der Waals surface area contributed by atoms with E-state index < -0.39 is 0 Å². The van der Waals surface area contributed by atoms with E-state index in [2.05, 4.69) is 53.7 Å². The number of hydrogen-bond donors (Lipinski definition) is 3. The highest BCUT2D eigenvalue weighted by Crippen LogP contribution is 2.42. The Labute approximate surface area is 175 Å². The summed E-state index contributed by atoms with van der Waals surface area (Å²) in [6, 6.07) is 11.9. The quantitative estimate of drug-likeness (QED) is 0.739. The van der Waals surface area contributed by atoms with E-state index in [0.29, 0.717) is 11.5 Å². The first-order valence-electron chi connectivity index (χ1n) is 10.6. The second-order valence-corrected chi connectivity index (χ2v) is 10.2. The molecule has 0 saturated carbocycles. The van der Waals surface area contributed by atoms with Crippen LogP contribution in [0.15, 0.2) is 36.4 Å². The maximum Gasteiger partial charge on any atom is 0.143 e. The standard InChI is InChI=1S/C25H35NO3/c1-24(2,3)19-15-17(16-20(23(19)28)25(4,5)6)22(26-11-13-29-14-12-26)18-9-7-8-10-21(18)27/h7-10,15-16,22,27-28H,11-14H2,1-6H3/p+1/t22-/m1/s1. The highest BCUT2D eigenvalue weighted by Gasteiger charge is 2.34. The molecule has 1 aliphatic heterocycles. The molecule has 0 bridgehead atoms. The highest BCUT2D eigenvalue weighted by molar-refractivity contribution is 5.52. The Morgan fingerprint density at radius 2 is 1.38 bits per heavy atom. The third-order valence-electron chi connectivity index (χ3n) is 5.87. The monoisotopic (exact) mass is 398 g/mol. The van der Waals surface area contributed by atoms with Gasteiger partial charge in [-0.1, -0.05) is 53.7 Å². The van der Waals surface area contributed by atoms with Crippen molar-refractivity contribution in [2.45, 2.75) is 58.4 Å². The molecule has 0 unspecified atom stereocenters. The molecule has 1 aliphatic rings. The molecule has 0 amide bonds. The van der Waals surface area contributed by atoms with Gasteiger partial charge in [0.05, 0.1) is 18.8 Å². The molecule has 2 aromatic carbocycles. The molecule has 0 aromatic heterocycles. The van der Waals surface area contributed by atoms with E-state index in [9.17, 15) is 10.2 Å². The number of rotatable bonds is 3. The van der Waals surface area contributed by atoms with Crippen molar-refractivity contribution in [3.05, 3.63) is 58.7 Å². The molecule has 4 heteroatoms. The lowest BCUT2D eigenvalue weighted by Crippen LogP contribution is -3.14. The first kappa shape index (κ1) is 21.7. The zero-order valence-corrected chi connectivity index (χ0v) is 18.7. The van der Waals surface area contributed by atoms with E-state index in [4.69, 9.17) is 4.74 Å². The molecule has 158 valence electrons. The third-order valence-corrected chi connectivity index (χ3v) is 5.87. The normalized spacial score (nSPS) is 17.3. The van der Waals surface area contributed by atoms with Crippen LogP contribution in [0.5, 0.6) is 11.5 Å². The summed E-state index contributed by atoms with van der Waals surface area (Å²) >= 11 is 0. The van der Waals surface area contributed by atoms with Crippen LogP contribution in [0.4, 0.5) is 0 Å². The first-order valence-corrected chi connectivity index (χ1v) is 10.6. The van der Waals surface area contributed by atoms with Gasteiger partial charge in [0.15, 0.2) is 0 Å². The number of quaternary nitrogens is 1. The van der Waals surface area contributed by atoms with Crippen LogP contribution in [0, 0.1) is 0 Å². The summed E-state index contributed by atoms with van der Waals surface area (Å²) in [4.78, 5) is 1.38. The lowest BCUT2D eigenvalue weighted by molar-refractivity contribution is -0.933. The summed E-state index contributed by atoms with van der Waals surface area (Å²) in [5.41, 5.74) is 3.58. The van der Waals surface area contributed by atoms with Gasteiger partial charge in [0.2, 0.25) is 0 Å². The average Bonchev–Trinajstić information content (AvgIpc) is 2.63. The predicted octanol–water partition coefficient (Wildman–Crippen LogP) is 3.70. The van der Waals surface area contributed by atoms with Crippen LogP contribution in [0.3, 0.4) is 0 Å². The fraction of sp³-hybridized carbons (Fsp3) is 0.520. The van der Waals surface area contributed by atoms with E-state index in [1.807, 2.05) is 18.2 Å². The minimum Gasteiger partial charge on any atom is -0.507 e. The fourth-order valence-corrected chi connectivity index (χ4v) is 4.26. The van der Waals surface area contributed by atoms with E-state index in [0.717, 1.165) is 48.6 Å². The molecule has 3 N–H and O–H groups in total. The molecule has 1 saturated heterocycles. The minimum atomic E-state index is -0.191. The fourth-order valence-electron chi connectivity index (χ4n) is 4.26. The Morgan fingerprint density at radius 1 is 0.862 bits per heavy atom. The Morgan fingerprint density at radius 3 is 1.86 bits per heavy atom. The SMILES string of the molecule is CC(C)(C)c1cc([C@H](c2ccccc2O)[NH+]2CCOCC2)cc(C(C)(C)C)c1O. The number of para-hydroxylation sites is 1. The molecule has 3 rings (SSSR count). The van der Waals surface area contributed by atoms with Crippen molar-refractivity contribution in [2.75, 3.05) is 26.3 Å². The molecular weight excluding hydrogens is 362 g/mol. The molecule has 2 aromatic rings. The van der Waals surface area contributed by atoms with Crippen LogP contribution in [0.2, 0.25) is 0 Å². The van der Waals surface area contributed by atoms with Crippen LogP contribution in [-0.2, 0) is 15.6 Å². The molecule has 0 aliphatic carbocycles. The van der Waals surface area contributed by atoms with Crippen LogP contribution < -0.4 is 4.90 Å². The number of hydrogen-bond acceptors (Lipinski definition) is 3. The van der Waals surface area contributed by atoms with Crippen molar-refractivity contribution in [1.82, 2.24) is 0 Å². The maximum absolute atomic E-state index is 11.1. The molecule has 0 spiro atoms. The Bertz CT molecular complexity index is 820. The lowest BCUT2D eigenvalue weighted by Gasteiger charge is -2.35. The van der Waals surface area contributed by atoms with E-state index in [1.54, 1.807) is 6.07 Å². The van der Waals surface area contributed by atoms with E-state index in [1.165, 1.54) is 4.90 Å². The van der Waals surface area contributed by atoms with E-state index in [-0.39, 0.29) is 16.9 Å². The van der Waals surface area contributed by atoms with E-state index >= 15 is 0 Å². The van der Waals surface area contributed by atoms with Gasteiger partial charge in [-0.2, -0.15) is 0 Å². The maximum atomic E-state index is 11.1. The summed E-state index contributed by atoms with van der Waals surface area (Å²) in [5, 5.41) is 21.8. The lowest BCUT2D eigenvalue weighted by atomic mass is 9.77. The van der Waals surface area contributed by atoms with Crippen molar-refractivity contribution >= 4 is 0 Å². The number of phenols is 2. The van der Waals surface area contributed by atoms with Gasteiger partial charge in [-0.3, -0.25) is 0 Å². The summed E-state index contributed by atoms with van der Waals surface area (Å²) in [6.45, 7) is 16.0. The Kier molecular flexibility index (Phi) is 5.98. The summed E-state index contributed by atoms with van der Waals surface area (Å²) in [7, 11) is 0. The van der Waals surface area contributed by atoms with Gasteiger partial charge >= 0.3 is 0 Å². The van der Waals surface area contributed by atoms with Crippen LogP contribution in [-0.4, -0.2) is 36.5 Å². The highest BCUT2D eigenvalue weighted by atomic mass is 16.5. The zero-order chi connectivity index (χ0) is 21.4. The van der Waals surface area contributed by atoms with Gasteiger partial charge in [0.1, 0.15) is 30.6 Å². The zero-order valence-electron chi connectivity index (χ0n) is 18.7.